The van der Waals surface area contributed by atoms with Crippen molar-refractivity contribution in [3.05, 3.63) is 89.5 Å². The summed E-state index contributed by atoms with van der Waals surface area (Å²) in [6, 6.07) is 17.2. The quantitative estimate of drug-likeness (QED) is 0.609. The zero-order chi connectivity index (χ0) is 21.7. The second-order valence-electron chi connectivity index (χ2n) is 6.45. The highest BCUT2D eigenvalue weighted by Gasteiger charge is 2.30. The fourth-order valence-electron chi connectivity index (χ4n) is 2.68. The number of hydrogen-bond acceptors (Lipinski definition) is 3. The van der Waals surface area contributed by atoms with Gasteiger partial charge in [0.1, 0.15) is 11.5 Å². The lowest BCUT2D eigenvalue weighted by Gasteiger charge is -2.11. The lowest BCUT2D eigenvalue weighted by Crippen LogP contribution is -2.14. The van der Waals surface area contributed by atoms with Gasteiger partial charge in [-0.1, -0.05) is 24.3 Å². The average Bonchev–Trinajstić information content (AvgIpc) is 2.69. The van der Waals surface area contributed by atoms with Gasteiger partial charge in [0.25, 0.3) is 5.91 Å². The zero-order valence-electron chi connectivity index (χ0n) is 15.6. The van der Waals surface area contributed by atoms with E-state index in [1.807, 2.05) is 0 Å². The van der Waals surface area contributed by atoms with Crippen LogP contribution in [0, 0.1) is 0 Å². The van der Waals surface area contributed by atoms with Gasteiger partial charge in [0.15, 0.2) is 0 Å². The molecular formula is C22H17F3N2O3. The Balaban J connectivity index is 1.70. The summed E-state index contributed by atoms with van der Waals surface area (Å²) < 4.78 is 44.0. The van der Waals surface area contributed by atoms with E-state index in [0.717, 1.165) is 17.7 Å². The van der Waals surface area contributed by atoms with E-state index in [9.17, 15) is 22.8 Å². The van der Waals surface area contributed by atoms with Crippen LogP contribution in [-0.2, 0) is 17.4 Å². The van der Waals surface area contributed by atoms with Crippen LogP contribution in [0.2, 0.25) is 0 Å². The summed E-state index contributed by atoms with van der Waals surface area (Å²) in [7, 11) is 0. The van der Waals surface area contributed by atoms with E-state index in [2.05, 4.69) is 5.32 Å². The topological polar surface area (TPSA) is 81.4 Å². The molecule has 0 aliphatic rings. The maximum absolute atomic E-state index is 12.8. The van der Waals surface area contributed by atoms with Crippen LogP contribution in [0.25, 0.3) is 0 Å². The minimum absolute atomic E-state index is 0.00687. The standard InChI is InChI=1S/C22H17F3N2O3/c23-22(24,25)16-4-2-6-19(13-16)30-18-5-1-3-15(12-18)21(29)27-17-9-7-14(8-10-17)11-20(26)28/h1-10,12-13H,11H2,(H2,26,28)(H,27,29). The van der Waals surface area contributed by atoms with Gasteiger partial charge < -0.3 is 15.8 Å². The number of rotatable bonds is 6. The Morgan fingerprint density at radius 1 is 0.900 bits per heavy atom. The summed E-state index contributed by atoms with van der Waals surface area (Å²) in [4.78, 5) is 23.4. The van der Waals surface area contributed by atoms with Crippen LogP contribution in [0.1, 0.15) is 21.5 Å². The molecule has 0 radical (unpaired) electrons. The second-order valence-corrected chi connectivity index (χ2v) is 6.45. The number of anilines is 1. The molecule has 0 atom stereocenters. The maximum atomic E-state index is 12.8. The molecule has 30 heavy (non-hydrogen) atoms. The number of hydrogen-bond donors (Lipinski definition) is 2. The predicted octanol–water partition coefficient (Wildman–Crippen LogP) is 4.78. The molecule has 0 aromatic heterocycles. The third kappa shape index (κ3) is 5.60. The molecular weight excluding hydrogens is 397 g/mol. The molecule has 5 nitrogen and oxygen atoms in total. The Morgan fingerprint density at radius 2 is 1.53 bits per heavy atom. The molecule has 3 rings (SSSR count). The highest BCUT2D eigenvalue weighted by molar-refractivity contribution is 6.04. The summed E-state index contributed by atoms with van der Waals surface area (Å²) in [5.41, 5.74) is 5.81. The fraction of sp³-hybridized carbons (Fsp3) is 0.0909. The van der Waals surface area contributed by atoms with Crippen molar-refractivity contribution < 1.29 is 27.5 Å². The number of nitrogens with two attached hydrogens (primary N) is 1. The first-order valence-electron chi connectivity index (χ1n) is 8.84. The molecule has 0 aliphatic heterocycles. The molecule has 0 aliphatic carbocycles. The molecule has 0 fully saturated rings. The number of alkyl halides is 3. The van der Waals surface area contributed by atoms with Crippen LogP contribution in [0.3, 0.4) is 0 Å². The molecule has 8 heteroatoms. The van der Waals surface area contributed by atoms with E-state index in [-0.39, 0.29) is 23.5 Å². The van der Waals surface area contributed by atoms with Gasteiger partial charge in [-0.15, -0.1) is 0 Å². The molecule has 3 N–H and O–H groups in total. The van der Waals surface area contributed by atoms with E-state index >= 15 is 0 Å². The first-order valence-corrected chi connectivity index (χ1v) is 8.84. The third-order valence-corrected chi connectivity index (χ3v) is 4.08. The van der Waals surface area contributed by atoms with Crippen molar-refractivity contribution in [1.29, 1.82) is 0 Å². The Kier molecular flexibility index (Phi) is 6.06. The van der Waals surface area contributed by atoms with E-state index < -0.39 is 23.6 Å². The number of primary amides is 1. The number of amides is 2. The highest BCUT2D eigenvalue weighted by Crippen LogP contribution is 2.32. The number of nitrogens with one attached hydrogen (secondary N) is 1. The van der Waals surface area contributed by atoms with Gasteiger partial charge in [-0.05, 0) is 54.1 Å². The van der Waals surface area contributed by atoms with Crippen LogP contribution in [0.5, 0.6) is 11.5 Å². The first kappa shape index (κ1) is 20.9. The lowest BCUT2D eigenvalue weighted by atomic mass is 10.1. The average molecular weight is 414 g/mol. The molecule has 0 unspecified atom stereocenters. The number of ether oxygens (including phenoxy) is 1. The number of carbonyl (C=O) groups excluding carboxylic acids is 2. The van der Waals surface area contributed by atoms with Crippen molar-refractivity contribution in [2.45, 2.75) is 12.6 Å². The van der Waals surface area contributed by atoms with Gasteiger partial charge in [-0.2, -0.15) is 13.2 Å². The van der Waals surface area contributed by atoms with Gasteiger partial charge in [0, 0.05) is 11.3 Å². The van der Waals surface area contributed by atoms with Crippen LogP contribution in [-0.4, -0.2) is 11.8 Å². The minimum atomic E-state index is -4.48. The molecule has 0 heterocycles. The van der Waals surface area contributed by atoms with E-state index in [4.69, 9.17) is 10.5 Å². The Hall–Kier alpha value is -3.81. The largest absolute Gasteiger partial charge is 0.457 e. The molecule has 2 amide bonds. The van der Waals surface area contributed by atoms with Crippen molar-refractivity contribution in [3.63, 3.8) is 0 Å². The van der Waals surface area contributed by atoms with Crippen molar-refractivity contribution in [2.24, 2.45) is 5.73 Å². The van der Waals surface area contributed by atoms with Crippen LogP contribution >= 0.6 is 0 Å². The third-order valence-electron chi connectivity index (χ3n) is 4.08. The summed E-state index contributed by atoms with van der Waals surface area (Å²) in [6.07, 6.45) is -4.38. The Bertz CT molecular complexity index is 1060. The van der Waals surface area contributed by atoms with Crippen LogP contribution in [0.15, 0.2) is 72.8 Å². The predicted molar refractivity (Wildman–Crippen MR) is 105 cm³/mol. The Labute approximate surface area is 170 Å². The number of halogens is 3. The minimum Gasteiger partial charge on any atom is -0.457 e. The monoisotopic (exact) mass is 414 g/mol. The summed E-state index contributed by atoms with van der Waals surface area (Å²) in [5.74, 6) is -0.650. The molecule has 0 bridgehead atoms. The smallest absolute Gasteiger partial charge is 0.416 e. The zero-order valence-corrected chi connectivity index (χ0v) is 15.6. The summed E-state index contributed by atoms with van der Waals surface area (Å²) in [5, 5.41) is 2.70. The fourth-order valence-corrected chi connectivity index (χ4v) is 2.68. The maximum Gasteiger partial charge on any atom is 0.416 e. The van der Waals surface area contributed by atoms with Gasteiger partial charge in [-0.3, -0.25) is 9.59 Å². The van der Waals surface area contributed by atoms with Crippen molar-refractivity contribution in [3.8, 4) is 11.5 Å². The summed E-state index contributed by atoms with van der Waals surface area (Å²) >= 11 is 0. The highest BCUT2D eigenvalue weighted by atomic mass is 19.4. The van der Waals surface area contributed by atoms with E-state index in [1.54, 1.807) is 36.4 Å². The number of carbonyl (C=O) groups is 2. The summed E-state index contributed by atoms with van der Waals surface area (Å²) in [6.45, 7) is 0. The Morgan fingerprint density at radius 3 is 2.17 bits per heavy atom. The second kappa shape index (κ2) is 8.69. The van der Waals surface area contributed by atoms with Crippen molar-refractivity contribution in [2.75, 3.05) is 5.32 Å². The van der Waals surface area contributed by atoms with Crippen molar-refractivity contribution in [1.82, 2.24) is 0 Å². The molecule has 0 saturated heterocycles. The van der Waals surface area contributed by atoms with Crippen LogP contribution < -0.4 is 15.8 Å². The van der Waals surface area contributed by atoms with Crippen LogP contribution in [0.4, 0.5) is 18.9 Å². The van der Waals surface area contributed by atoms with Crippen molar-refractivity contribution >= 4 is 17.5 Å². The SMILES string of the molecule is NC(=O)Cc1ccc(NC(=O)c2cccc(Oc3cccc(C(F)(F)F)c3)c2)cc1. The van der Waals surface area contributed by atoms with E-state index in [0.29, 0.717) is 5.69 Å². The van der Waals surface area contributed by atoms with Gasteiger partial charge in [0.05, 0.1) is 12.0 Å². The van der Waals surface area contributed by atoms with Gasteiger partial charge in [0.2, 0.25) is 5.91 Å². The van der Waals surface area contributed by atoms with Gasteiger partial charge >= 0.3 is 6.18 Å². The molecule has 3 aromatic rings. The van der Waals surface area contributed by atoms with E-state index in [1.165, 1.54) is 24.3 Å². The molecule has 3 aromatic carbocycles. The normalized spacial score (nSPS) is 11.0. The first-order chi connectivity index (χ1) is 14.2. The lowest BCUT2D eigenvalue weighted by molar-refractivity contribution is -0.137. The molecule has 154 valence electrons. The molecule has 0 saturated carbocycles. The number of benzene rings is 3. The van der Waals surface area contributed by atoms with Gasteiger partial charge in [-0.25, -0.2) is 0 Å². The molecule has 0 spiro atoms.